The van der Waals surface area contributed by atoms with Gasteiger partial charge in [-0.15, -0.1) is 0 Å². The van der Waals surface area contributed by atoms with Crippen molar-refractivity contribution >= 4 is 0 Å². The van der Waals surface area contributed by atoms with E-state index in [9.17, 15) is 0 Å². The van der Waals surface area contributed by atoms with Gasteiger partial charge in [-0.3, -0.25) is 9.78 Å². The molecule has 0 aliphatic heterocycles. The Morgan fingerprint density at radius 2 is 2.04 bits per heavy atom. The summed E-state index contributed by atoms with van der Waals surface area (Å²) in [5, 5.41) is 15.0. The summed E-state index contributed by atoms with van der Waals surface area (Å²) >= 11 is 0. The molecule has 120 valence electrons. The Morgan fingerprint density at radius 3 is 2.74 bits per heavy atom. The van der Waals surface area contributed by atoms with Crippen LogP contribution in [0, 0.1) is 6.92 Å². The highest BCUT2D eigenvalue weighted by Crippen LogP contribution is 2.23. The van der Waals surface area contributed by atoms with E-state index in [1.807, 2.05) is 54.5 Å². The molecule has 0 aliphatic rings. The van der Waals surface area contributed by atoms with E-state index in [1.54, 1.807) is 7.11 Å². The molecular formula is C17H21N5O. The maximum Gasteiger partial charge on any atom is 0.118 e. The first-order chi connectivity index (χ1) is 11.3. The fourth-order valence-electron chi connectivity index (χ4n) is 2.46. The highest BCUT2D eigenvalue weighted by atomic mass is 16.5. The number of H-pyrrole nitrogens is 1. The van der Waals surface area contributed by atoms with Crippen molar-refractivity contribution in [3.63, 3.8) is 0 Å². The molecule has 0 fully saturated rings. The summed E-state index contributed by atoms with van der Waals surface area (Å²) in [6.45, 7) is 4.51. The lowest BCUT2D eigenvalue weighted by Crippen LogP contribution is -2.19. The molecule has 0 amide bonds. The van der Waals surface area contributed by atoms with Crippen LogP contribution >= 0.6 is 0 Å². The molecule has 6 heteroatoms. The number of nitrogens with zero attached hydrogens (tertiary/aromatic N) is 3. The molecule has 2 N–H and O–H groups in total. The number of nitrogens with one attached hydrogen (secondary N) is 2. The first kappa shape index (κ1) is 15.3. The van der Waals surface area contributed by atoms with E-state index < -0.39 is 0 Å². The molecular weight excluding hydrogens is 290 g/mol. The molecule has 2 heterocycles. The van der Waals surface area contributed by atoms with E-state index >= 15 is 0 Å². The lowest BCUT2D eigenvalue weighted by molar-refractivity contribution is 0.415. The number of rotatable bonds is 7. The summed E-state index contributed by atoms with van der Waals surface area (Å²) in [4.78, 5) is 0. The van der Waals surface area contributed by atoms with Crippen molar-refractivity contribution in [2.75, 3.05) is 13.7 Å². The van der Waals surface area contributed by atoms with Gasteiger partial charge in [0.05, 0.1) is 31.7 Å². The Labute approximate surface area is 135 Å². The first-order valence-electron chi connectivity index (χ1n) is 7.62. The van der Waals surface area contributed by atoms with E-state index in [1.165, 1.54) is 5.56 Å². The Hall–Kier alpha value is -2.60. The fourth-order valence-corrected chi connectivity index (χ4v) is 2.46. The SMILES string of the molecule is COc1ccc(-c2[nH]ncc2CNCCn2cc(C)cn2)cc1. The van der Waals surface area contributed by atoms with Crippen LogP contribution in [0.2, 0.25) is 0 Å². The van der Waals surface area contributed by atoms with Crippen LogP contribution in [0.3, 0.4) is 0 Å². The summed E-state index contributed by atoms with van der Waals surface area (Å²) in [6, 6.07) is 7.96. The second-order valence-electron chi connectivity index (χ2n) is 5.46. The van der Waals surface area contributed by atoms with Crippen molar-refractivity contribution < 1.29 is 4.74 Å². The Kier molecular flexibility index (Phi) is 4.73. The summed E-state index contributed by atoms with van der Waals surface area (Å²) in [5.41, 5.74) is 4.46. The maximum absolute atomic E-state index is 5.19. The smallest absolute Gasteiger partial charge is 0.118 e. The number of aromatic amines is 1. The average molecular weight is 311 g/mol. The number of methoxy groups -OCH3 is 1. The highest BCUT2D eigenvalue weighted by molar-refractivity contribution is 5.63. The van der Waals surface area contributed by atoms with Crippen LogP contribution in [-0.2, 0) is 13.1 Å². The Balaban J connectivity index is 1.57. The predicted octanol–water partition coefficient (Wildman–Crippen LogP) is 2.38. The molecule has 23 heavy (non-hydrogen) atoms. The molecule has 2 aromatic heterocycles. The topological polar surface area (TPSA) is 67.8 Å². The van der Waals surface area contributed by atoms with Crippen molar-refractivity contribution in [2.24, 2.45) is 0 Å². The minimum absolute atomic E-state index is 0.762. The molecule has 0 atom stereocenters. The molecule has 3 rings (SSSR count). The van der Waals surface area contributed by atoms with Gasteiger partial charge in [-0.25, -0.2) is 0 Å². The number of hydrogen-bond acceptors (Lipinski definition) is 4. The maximum atomic E-state index is 5.19. The van der Waals surface area contributed by atoms with Crippen molar-refractivity contribution in [1.82, 2.24) is 25.3 Å². The van der Waals surface area contributed by atoms with Gasteiger partial charge in [0.15, 0.2) is 0 Å². The minimum atomic E-state index is 0.762. The van der Waals surface area contributed by atoms with E-state index in [4.69, 9.17) is 4.74 Å². The third-order valence-corrected chi connectivity index (χ3v) is 3.69. The van der Waals surface area contributed by atoms with Crippen LogP contribution < -0.4 is 10.1 Å². The van der Waals surface area contributed by atoms with E-state index in [2.05, 4.69) is 20.6 Å². The molecule has 0 unspecified atom stereocenters. The zero-order valence-electron chi connectivity index (χ0n) is 13.4. The van der Waals surface area contributed by atoms with Crippen LogP contribution in [0.25, 0.3) is 11.3 Å². The molecule has 0 spiro atoms. The van der Waals surface area contributed by atoms with Gasteiger partial charge in [-0.1, -0.05) is 0 Å². The van der Waals surface area contributed by atoms with E-state index in [0.29, 0.717) is 0 Å². The fraction of sp³-hybridized carbons (Fsp3) is 0.294. The van der Waals surface area contributed by atoms with Crippen molar-refractivity contribution in [1.29, 1.82) is 0 Å². The Bertz CT molecular complexity index is 744. The zero-order chi connectivity index (χ0) is 16.1. The molecule has 0 saturated carbocycles. The second-order valence-corrected chi connectivity index (χ2v) is 5.46. The zero-order valence-corrected chi connectivity index (χ0v) is 13.4. The largest absolute Gasteiger partial charge is 0.497 e. The summed E-state index contributed by atoms with van der Waals surface area (Å²) in [7, 11) is 1.67. The van der Waals surface area contributed by atoms with Crippen molar-refractivity contribution in [2.45, 2.75) is 20.0 Å². The quantitative estimate of drug-likeness (QED) is 0.657. The Morgan fingerprint density at radius 1 is 1.22 bits per heavy atom. The third-order valence-electron chi connectivity index (χ3n) is 3.69. The van der Waals surface area contributed by atoms with Crippen LogP contribution in [0.1, 0.15) is 11.1 Å². The number of benzene rings is 1. The van der Waals surface area contributed by atoms with Crippen molar-refractivity contribution in [3.05, 3.63) is 54.0 Å². The first-order valence-corrected chi connectivity index (χ1v) is 7.62. The lowest BCUT2D eigenvalue weighted by atomic mass is 10.1. The van der Waals surface area contributed by atoms with Crippen LogP contribution in [0.4, 0.5) is 0 Å². The molecule has 3 aromatic rings. The van der Waals surface area contributed by atoms with Crippen molar-refractivity contribution in [3.8, 4) is 17.0 Å². The highest BCUT2D eigenvalue weighted by Gasteiger charge is 2.07. The molecule has 0 bridgehead atoms. The summed E-state index contributed by atoms with van der Waals surface area (Å²) < 4.78 is 7.14. The minimum Gasteiger partial charge on any atom is -0.497 e. The van der Waals surface area contributed by atoms with E-state index in [0.717, 1.165) is 42.2 Å². The van der Waals surface area contributed by atoms with Gasteiger partial charge >= 0.3 is 0 Å². The number of aryl methyl sites for hydroxylation is 1. The molecule has 0 aliphatic carbocycles. The standard InChI is InChI=1S/C17H21N5O/c1-13-9-20-22(12-13)8-7-18-10-15-11-19-21-17(15)14-3-5-16(23-2)6-4-14/h3-6,9,11-12,18H,7-8,10H2,1-2H3,(H,19,21). The number of hydrogen-bond donors (Lipinski definition) is 2. The molecule has 1 aromatic carbocycles. The third kappa shape index (κ3) is 3.78. The predicted molar refractivity (Wildman–Crippen MR) is 89.2 cm³/mol. The van der Waals surface area contributed by atoms with Crippen LogP contribution in [0.15, 0.2) is 42.9 Å². The van der Waals surface area contributed by atoms with Gasteiger partial charge in [-0.05, 0) is 36.8 Å². The van der Waals surface area contributed by atoms with Gasteiger partial charge < -0.3 is 10.1 Å². The van der Waals surface area contributed by atoms with Gasteiger partial charge in [0, 0.05) is 30.4 Å². The molecule has 0 saturated heterocycles. The average Bonchev–Trinajstić information content (AvgIpc) is 3.20. The van der Waals surface area contributed by atoms with Crippen LogP contribution in [0.5, 0.6) is 5.75 Å². The monoisotopic (exact) mass is 311 g/mol. The van der Waals surface area contributed by atoms with Gasteiger partial charge in [0.25, 0.3) is 0 Å². The summed E-state index contributed by atoms with van der Waals surface area (Å²) in [6.07, 6.45) is 5.78. The number of ether oxygens (including phenoxy) is 1. The van der Waals surface area contributed by atoms with E-state index in [-0.39, 0.29) is 0 Å². The van der Waals surface area contributed by atoms with Gasteiger partial charge in [0.2, 0.25) is 0 Å². The van der Waals surface area contributed by atoms with Gasteiger partial charge in [0.1, 0.15) is 5.75 Å². The molecule has 0 radical (unpaired) electrons. The lowest BCUT2D eigenvalue weighted by Gasteiger charge is -2.07. The second kappa shape index (κ2) is 7.11. The van der Waals surface area contributed by atoms with Crippen LogP contribution in [-0.4, -0.2) is 33.6 Å². The molecule has 6 nitrogen and oxygen atoms in total. The summed E-state index contributed by atoms with van der Waals surface area (Å²) in [5.74, 6) is 0.849. The number of aromatic nitrogens is 4. The normalized spacial score (nSPS) is 10.9. The van der Waals surface area contributed by atoms with Gasteiger partial charge in [-0.2, -0.15) is 10.2 Å².